The lowest BCUT2D eigenvalue weighted by atomic mass is 10.2. The molecule has 0 bridgehead atoms. The fourth-order valence-electron chi connectivity index (χ4n) is 4.24. The Balaban J connectivity index is 1.60. The molecule has 0 aliphatic rings. The Labute approximate surface area is 237 Å². The third kappa shape index (κ3) is 6.19. The summed E-state index contributed by atoms with van der Waals surface area (Å²) in [5.74, 6) is -0.782. The summed E-state index contributed by atoms with van der Waals surface area (Å²) < 4.78 is 49.0. The number of anilines is 1. The molecule has 0 radical (unpaired) electrons. The fraction of sp³-hybridized carbons (Fsp3) is 0.172. The molecule has 0 aliphatic carbocycles. The third-order valence-corrected chi connectivity index (χ3v) is 8.26. The predicted molar refractivity (Wildman–Crippen MR) is 155 cm³/mol. The summed E-state index contributed by atoms with van der Waals surface area (Å²) in [4.78, 5) is 13.0. The van der Waals surface area contributed by atoms with Crippen LogP contribution in [0.2, 0.25) is 5.02 Å². The Morgan fingerprint density at radius 3 is 2.38 bits per heavy atom. The summed E-state index contributed by atoms with van der Waals surface area (Å²) in [5.41, 5.74) is 6.63. The van der Waals surface area contributed by atoms with Gasteiger partial charge in [-0.1, -0.05) is 29.3 Å². The summed E-state index contributed by atoms with van der Waals surface area (Å²) in [5, 5.41) is 4.33. The van der Waals surface area contributed by atoms with Crippen LogP contribution in [0.25, 0.3) is 5.69 Å². The molecular formula is C29H28ClFN4O4S. The van der Waals surface area contributed by atoms with E-state index >= 15 is 0 Å². The number of benzene rings is 3. The number of sulfonamides is 1. The van der Waals surface area contributed by atoms with E-state index in [9.17, 15) is 17.6 Å². The number of hydrogen-bond acceptors (Lipinski definition) is 5. The molecule has 0 saturated carbocycles. The minimum absolute atomic E-state index is 0.00432. The SMILES string of the molecule is COc1ccc(Cl)cc1N(CC(=O)N/N=C\c1cc(C)n(-c2ccc(F)cc2)c1C)S(=O)(=O)c1ccc(C)cc1. The molecule has 8 nitrogen and oxygen atoms in total. The summed E-state index contributed by atoms with van der Waals surface area (Å²) >= 11 is 6.18. The van der Waals surface area contributed by atoms with Gasteiger partial charge in [-0.15, -0.1) is 0 Å². The van der Waals surface area contributed by atoms with Crippen molar-refractivity contribution >= 4 is 39.4 Å². The van der Waals surface area contributed by atoms with Crippen molar-refractivity contribution in [3.05, 3.63) is 106 Å². The highest BCUT2D eigenvalue weighted by Gasteiger charge is 2.29. The number of halogens is 2. The van der Waals surface area contributed by atoms with Crippen molar-refractivity contribution < 1.29 is 22.3 Å². The monoisotopic (exact) mass is 582 g/mol. The van der Waals surface area contributed by atoms with E-state index in [4.69, 9.17) is 16.3 Å². The molecule has 0 aliphatic heterocycles. The van der Waals surface area contributed by atoms with Crippen molar-refractivity contribution in [1.82, 2.24) is 9.99 Å². The molecule has 0 spiro atoms. The first-order valence-corrected chi connectivity index (χ1v) is 14.0. The van der Waals surface area contributed by atoms with Gasteiger partial charge in [-0.3, -0.25) is 9.10 Å². The number of hydrogen-bond donors (Lipinski definition) is 1. The fourth-order valence-corrected chi connectivity index (χ4v) is 5.83. The largest absolute Gasteiger partial charge is 0.495 e. The summed E-state index contributed by atoms with van der Waals surface area (Å²) in [6, 6.07) is 18.8. The minimum atomic E-state index is -4.18. The van der Waals surface area contributed by atoms with E-state index in [-0.39, 0.29) is 27.2 Å². The molecule has 1 amide bonds. The Kier molecular flexibility index (Phi) is 8.61. The first-order chi connectivity index (χ1) is 19.0. The lowest BCUT2D eigenvalue weighted by Crippen LogP contribution is -2.39. The van der Waals surface area contributed by atoms with Gasteiger partial charge in [0.2, 0.25) is 0 Å². The van der Waals surface area contributed by atoms with Crippen LogP contribution in [0.1, 0.15) is 22.5 Å². The van der Waals surface area contributed by atoms with Crippen LogP contribution in [-0.2, 0) is 14.8 Å². The molecule has 208 valence electrons. The second kappa shape index (κ2) is 11.9. The number of carbonyl (C=O) groups is 1. The highest BCUT2D eigenvalue weighted by Crippen LogP contribution is 2.34. The highest BCUT2D eigenvalue weighted by molar-refractivity contribution is 7.92. The number of ether oxygens (including phenoxy) is 1. The van der Waals surface area contributed by atoms with E-state index in [0.29, 0.717) is 0 Å². The quantitative estimate of drug-likeness (QED) is 0.207. The van der Waals surface area contributed by atoms with E-state index in [1.807, 2.05) is 31.4 Å². The Morgan fingerprint density at radius 1 is 1.05 bits per heavy atom. The van der Waals surface area contributed by atoms with Gasteiger partial charge in [-0.25, -0.2) is 18.2 Å². The topological polar surface area (TPSA) is 93.0 Å². The number of rotatable bonds is 9. The van der Waals surface area contributed by atoms with Gasteiger partial charge in [0.05, 0.1) is 23.9 Å². The number of amides is 1. The zero-order valence-electron chi connectivity index (χ0n) is 22.4. The molecule has 1 aromatic heterocycles. The lowest BCUT2D eigenvalue weighted by Gasteiger charge is -2.25. The van der Waals surface area contributed by atoms with E-state index < -0.39 is 22.5 Å². The second-order valence-electron chi connectivity index (χ2n) is 9.07. The molecule has 3 aromatic carbocycles. The van der Waals surface area contributed by atoms with Crippen LogP contribution >= 0.6 is 11.6 Å². The van der Waals surface area contributed by atoms with Crippen LogP contribution in [0.15, 0.2) is 82.8 Å². The van der Waals surface area contributed by atoms with Gasteiger partial charge in [-0.2, -0.15) is 5.10 Å². The van der Waals surface area contributed by atoms with Crippen LogP contribution in [0.3, 0.4) is 0 Å². The number of hydrazone groups is 1. The van der Waals surface area contributed by atoms with Crippen LogP contribution in [0.4, 0.5) is 10.1 Å². The number of methoxy groups -OCH3 is 1. The lowest BCUT2D eigenvalue weighted by molar-refractivity contribution is -0.119. The van der Waals surface area contributed by atoms with E-state index in [0.717, 1.165) is 32.5 Å². The number of nitrogens with zero attached hydrogens (tertiary/aromatic N) is 3. The number of aromatic nitrogens is 1. The Hall–Kier alpha value is -4.15. The minimum Gasteiger partial charge on any atom is -0.495 e. The van der Waals surface area contributed by atoms with Gasteiger partial charge >= 0.3 is 0 Å². The predicted octanol–water partition coefficient (Wildman–Crippen LogP) is 5.55. The van der Waals surface area contributed by atoms with Crippen molar-refractivity contribution in [2.24, 2.45) is 5.10 Å². The molecule has 0 unspecified atom stereocenters. The van der Waals surface area contributed by atoms with Gasteiger partial charge in [0.15, 0.2) is 0 Å². The molecule has 4 rings (SSSR count). The number of carbonyl (C=O) groups excluding carboxylic acids is 1. The highest BCUT2D eigenvalue weighted by atomic mass is 35.5. The van der Waals surface area contributed by atoms with Gasteiger partial charge in [-0.05, 0) is 81.4 Å². The average molecular weight is 583 g/mol. The second-order valence-corrected chi connectivity index (χ2v) is 11.4. The van der Waals surface area contributed by atoms with Crippen molar-refractivity contribution in [2.45, 2.75) is 25.7 Å². The number of nitrogens with one attached hydrogen (secondary N) is 1. The maximum atomic E-state index is 13.7. The van der Waals surface area contributed by atoms with E-state index in [2.05, 4.69) is 10.5 Å². The zero-order valence-corrected chi connectivity index (χ0v) is 23.9. The normalized spacial score (nSPS) is 11.6. The molecule has 0 fully saturated rings. The molecular weight excluding hydrogens is 555 g/mol. The molecule has 11 heteroatoms. The molecule has 4 aromatic rings. The number of aryl methyl sites for hydroxylation is 2. The van der Waals surface area contributed by atoms with Crippen molar-refractivity contribution in [3.63, 3.8) is 0 Å². The van der Waals surface area contributed by atoms with Crippen LogP contribution in [0.5, 0.6) is 5.75 Å². The smallest absolute Gasteiger partial charge is 0.264 e. The van der Waals surface area contributed by atoms with Gasteiger partial charge in [0, 0.05) is 27.7 Å². The summed E-state index contributed by atoms with van der Waals surface area (Å²) in [6.07, 6.45) is 1.47. The van der Waals surface area contributed by atoms with E-state index in [1.54, 1.807) is 30.3 Å². The van der Waals surface area contributed by atoms with Gasteiger partial charge in [0.25, 0.3) is 15.9 Å². The molecule has 40 heavy (non-hydrogen) atoms. The maximum absolute atomic E-state index is 13.7. The van der Waals surface area contributed by atoms with Gasteiger partial charge in [0.1, 0.15) is 18.1 Å². The Bertz CT molecular complexity index is 1670. The van der Waals surface area contributed by atoms with Crippen LogP contribution in [-0.4, -0.2) is 38.8 Å². The van der Waals surface area contributed by atoms with Crippen molar-refractivity contribution in [3.8, 4) is 11.4 Å². The summed E-state index contributed by atoms with van der Waals surface area (Å²) in [6.45, 7) is 5.04. The standard InChI is InChI=1S/C29H28ClFN4O4S/c1-19-5-12-26(13-6-19)40(37,38)34(27-16-23(30)7-14-28(27)39-4)18-29(36)33-32-17-22-15-20(2)35(21(22)3)25-10-8-24(31)9-11-25/h5-17H,18H2,1-4H3,(H,33,36)/b32-17-. The van der Waals surface area contributed by atoms with Crippen LogP contribution < -0.4 is 14.5 Å². The molecule has 0 saturated heterocycles. The Morgan fingerprint density at radius 2 is 1.73 bits per heavy atom. The molecule has 0 atom stereocenters. The third-order valence-electron chi connectivity index (χ3n) is 6.25. The van der Waals surface area contributed by atoms with Crippen molar-refractivity contribution in [1.29, 1.82) is 0 Å². The first kappa shape index (κ1) is 28.8. The zero-order chi connectivity index (χ0) is 29.0. The average Bonchev–Trinajstić information content (AvgIpc) is 3.20. The molecule has 1 heterocycles. The first-order valence-electron chi connectivity index (χ1n) is 12.2. The van der Waals surface area contributed by atoms with E-state index in [1.165, 1.54) is 49.7 Å². The van der Waals surface area contributed by atoms with Crippen molar-refractivity contribution in [2.75, 3.05) is 18.0 Å². The van der Waals surface area contributed by atoms with Gasteiger partial charge < -0.3 is 9.30 Å². The maximum Gasteiger partial charge on any atom is 0.264 e. The molecule has 1 N–H and O–H groups in total. The summed E-state index contributed by atoms with van der Waals surface area (Å²) in [7, 11) is -2.78. The van der Waals surface area contributed by atoms with Crippen LogP contribution in [0, 0.1) is 26.6 Å².